The van der Waals surface area contributed by atoms with Crippen LogP contribution >= 0.6 is 0 Å². The summed E-state index contributed by atoms with van der Waals surface area (Å²) in [6, 6.07) is 6.30. The summed E-state index contributed by atoms with van der Waals surface area (Å²) in [6.45, 7) is 3.27. The van der Waals surface area contributed by atoms with Crippen LogP contribution in [0.25, 0.3) is 17.1 Å². The lowest BCUT2D eigenvalue weighted by molar-refractivity contribution is -0.385. The van der Waals surface area contributed by atoms with Crippen LogP contribution in [-0.2, 0) is 20.1 Å². The largest absolute Gasteiger partial charge is 0.341 e. The van der Waals surface area contributed by atoms with Crippen LogP contribution in [0.1, 0.15) is 25.3 Å². The van der Waals surface area contributed by atoms with Gasteiger partial charge < -0.3 is 10.6 Å². The Hall–Kier alpha value is -4.17. The van der Waals surface area contributed by atoms with E-state index in [0.717, 1.165) is 19.4 Å². The Morgan fingerprint density at radius 1 is 1.29 bits per heavy atom. The molecule has 1 atom stereocenters. The summed E-state index contributed by atoms with van der Waals surface area (Å²) in [5, 5.41) is 11.3. The van der Waals surface area contributed by atoms with E-state index in [0.29, 0.717) is 18.1 Å². The number of fused-ring (bicyclic) bond motifs is 1. The van der Waals surface area contributed by atoms with Crippen molar-refractivity contribution in [3.8, 4) is 11.8 Å². The maximum absolute atomic E-state index is 13.6. The molecule has 3 aromatic rings. The molecule has 0 bridgehead atoms. The lowest BCUT2D eigenvalue weighted by Gasteiger charge is -2.31. The number of rotatable bonds is 6. The molecular weight excluding hydrogens is 450 g/mol. The lowest BCUT2D eigenvalue weighted by Crippen LogP contribution is -2.44. The summed E-state index contributed by atoms with van der Waals surface area (Å²) in [7, 11) is 1.50. The number of nitro benzene ring substituents is 1. The number of nitrogens with two attached hydrogens (primary N) is 1. The Balaban J connectivity index is 1.81. The van der Waals surface area contributed by atoms with Crippen molar-refractivity contribution in [2.24, 2.45) is 12.8 Å². The van der Waals surface area contributed by atoms with Gasteiger partial charge in [0.15, 0.2) is 5.52 Å². The average Bonchev–Trinajstić information content (AvgIpc) is 3.23. The van der Waals surface area contributed by atoms with Gasteiger partial charge in [-0.1, -0.05) is 30.2 Å². The van der Waals surface area contributed by atoms with Crippen molar-refractivity contribution in [1.29, 1.82) is 0 Å². The topological polar surface area (TPSA) is 134 Å². The zero-order valence-corrected chi connectivity index (χ0v) is 19.7. The third-order valence-corrected chi connectivity index (χ3v) is 6.11. The summed E-state index contributed by atoms with van der Waals surface area (Å²) in [4.78, 5) is 44.2. The minimum atomic E-state index is -0.463. The molecule has 35 heavy (non-hydrogen) atoms. The predicted octanol–water partition coefficient (Wildman–Crippen LogP) is 1.47. The van der Waals surface area contributed by atoms with Crippen molar-refractivity contribution in [1.82, 2.24) is 18.9 Å². The molecule has 182 valence electrons. The first-order valence-electron chi connectivity index (χ1n) is 11.3. The maximum Gasteiger partial charge on any atom is 0.293 e. The molecule has 0 radical (unpaired) electrons. The van der Waals surface area contributed by atoms with E-state index in [1.165, 1.54) is 22.5 Å². The highest BCUT2D eigenvalue weighted by molar-refractivity contribution is 5.77. The summed E-state index contributed by atoms with van der Waals surface area (Å²) in [5.41, 5.74) is 5.99. The fourth-order valence-corrected chi connectivity index (χ4v) is 4.35. The molecule has 3 heterocycles. The van der Waals surface area contributed by atoms with E-state index in [4.69, 9.17) is 5.73 Å². The number of piperidine rings is 1. The lowest BCUT2D eigenvalue weighted by atomic mass is 10.1. The number of imidazole rings is 1. The minimum Gasteiger partial charge on any atom is -0.341 e. The van der Waals surface area contributed by atoms with E-state index in [1.807, 2.05) is 4.90 Å². The monoisotopic (exact) mass is 477 g/mol. The molecule has 2 N–H and O–H groups in total. The second kappa shape index (κ2) is 9.99. The molecule has 0 aliphatic carbocycles. The van der Waals surface area contributed by atoms with E-state index in [2.05, 4.69) is 16.8 Å². The first kappa shape index (κ1) is 24.0. The normalized spacial score (nSPS) is 16.0. The number of nitro groups is 1. The van der Waals surface area contributed by atoms with Crippen molar-refractivity contribution < 1.29 is 4.92 Å². The Labute approximate surface area is 201 Å². The molecular formula is C24H27N7O4. The van der Waals surface area contributed by atoms with E-state index in [9.17, 15) is 19.7 Å². The van der Waals surface area contributed by atoms with Crippen molar-refractivity contribution in [2.75, 3.05) is 18.0 Å². The van der Waals surface area contributed by atoms with Crippen LogP contribution in [0.2, 0.25) is 0 Å². The molecule has 1 aromatic carbocycles. The SMILES string of the molecule is CC#CCn1c(N2CCCC(N)C2)nc2c(=O)n(C)n(C/C=C/c3ccccc3[N+](=O)[O-])c(=O)c21. The van der Waals surface area contributed by atoms with Gasteiger partial charge in [0.1, 0.15) is 5.52 Å². The van der Waals surface area contributed by atoms with Crippen molar-refractivity contribution in [3.05, 3.63) is 66.7 Å². The standard InChI is InChI=1S/C24H27N7O4/c1-3-4-14-29-21-20(26-24(29)28-13-8-11-18(25)16-28)22(32)27(2)30(23(21)33)15-7-10-17-9-5-6-12-19(17)31(34)35/h5-7,9-10,12,18H,8,11,13-16,25H2,1-2H3/b10-7+. The van der Waals surface area contributed by atoms with Crippen molar-refractivity contribution >= 4 is 28.7 Å². The molecule has 1 unspecified atom stereocenters. The van der Waals surface area contributed by atoms with Crippen LogP contribution in [0, 0.1) is 22.0 Å². The van der Waals surface area contributed by atoms with Gasteiger partial charge in [0.25, 0.3) is 16.8 Å². The van der Waals surface area contributed by atoms with Crippen LogP contribution in [0.4, 0.5) is 11.6 Å². The van der Waals surface area contributed by atoms with E-state index >= 15 is 0 Å². The van der Waals surface area contributed by atoms with Gasteiger partial charge in [0, 0.05) is 32.2 Å². The van der Waals surface area contributed by atoms with Gasteiger partial charge in [-0.2, -0.15) is 0 Å². The van der Waals surface area contributed by atoms with Gasteiger partial charge in [-0.15, -0.1) is 5.92 Å². The summed E-state index contributed by atoms with van der Waals surface area (Å²) >= 11 is 0. The highest BCUT2D eigenvalue weighted by atomic mass is 16.6. The van der Waals surface area contributed by atoms with E-state index in [-0.39, 0.29) is 35.9 Å². The fourth-order valence-electron chi connectivity index (χ4n) is 4.35. The smallest absolute Gasteiger partial charge is 0.293 e. The maximum atomic E-state index is 13.6. The van der Waals surface area contributed by atoms with Gasteiger partial charge in [0.05, 0.1) is 23.6 Å². The predicted molar refractivity (Wildman–Crippen MR) is 134 cm³/mol. The van der Waals surface area contributed by atoms with Gasteiger partial charge in [-0.3, -0.25) is 24.3 Å². The first-order chi connectivity index (χ1) is 16.8. The third-order valence-electron chi connectivity index (χ3n) is 6.11. The molecule has 4 rings (SSSR count). The highest BCUT2D eigenvalue weighted by Crippen LogP contribution is 2.22. The third kappa shape index (κ3) is 4.61. The Morgan fingerprint density at radius 2 is 2.06 bits per heavy atom. The number of hydrogen-bond acceptors (Lipinski definition) is 7. The van der Waals surface area contributed by atoms with Crippen LogP contribution in [-0.4, -0.2) is 43.0 Å². The second-order valence-corrected chi connectivity index (χ2v) is 8.40. The number of anilines is 1. The molecule has 0 spiro atoms. The molecule has 0 saturated carbocycles. The number of benzene rings is 1. The van der Waals surface area contributed by atoms with Gasteiger partial charge in [0.2, 0.25) is 5.95 Å². The number of hydrogen-bond donors (Lipinski definition) is 1. The second-order valence-electron chi connectivity index (χ2n) is 8.40. The fraction of sp³-hybridized carbons (Fsp3) is 0.375. The molecule has 1 aliphatic rings. The quantitative estimate of drug-likeness (QED) is 0.323. The van der Waals surface area contributed by atoms with Crippen LogP contribution in [0.5, 0.6) is 0 Å². The Bertz CT molecular complexity index is 1490. The first-order valence-corrected chi connectivity index (χ1v) is 11.3. The molecule has 1 aliphatic heterocycles. The molecule has 1 fully saturated rings. The van der Waals surface area contributed by atoms with Crippen LogP contribution < -0.4 is 21.8 Å². The summed E-state index contributed by atoms with van der Waals surface area (Å²) in [6.07, 6.45) is 4.99. The number of aromatic nitrogens is 4. The van der Waals surface area contributed by atoms with Crippen molar-refractivity contribution in [3.63, 3.8) is 0 Å². The number of nitrogens with zero attached hydrogens (tertiary/aromatic N) is 6. The number of para-hydroxylation sites is 1. The zero-order chi connectivity index (χ0) is 25.1. The van der Waals surface area contributed by atoms with E-state index < -0.39 is 16.0 Å². The molecule has 2 aromatic heterocycles. The Morgan fingerprint density at radius 3 is 2.77 bits per heavy atom. The molecule has 11 nitrogen and oxygen atoms in total. The summed E-state index contributed by atoms with van der Waals surface area (Å²) in [5.74, 6) is 6.33. The Kier molecular flexibility index (Phi) is 6.84. The average molecular weight is 478 g/mol. The van der Waals surface area contributed by atoms with Crippen LogP contribution in [0.15, 0.2) is 39.9 Å². The van der Waals surface area contributed by atoms with Crippen molar-refractivity contribution in [2.45, 2.75) is 38.9 Å². The molecule has 0 amide bonds. The van der Waals surface area contributed by atoms with Gasteiger partial charge >= 0.3 is 0 Å². The number of allylic oxidation sites excluding steroid dienone is 1. The van der Waals surface area contributed by atoms with Crippen LogP contribution in [0.3, 0.4) is 0 Å². The molecule has 11 heteroatoms. The molecule has 1 saturated heterocycles. The van der Waals surface area contributed by atoms with E-state index in [1.54, 1.807) is 41.8 Å². The summed E-state index contributed by atoms with van der Waals surface area (Å²) < 4.78 is 4.21. The van der Waals surface area contributed by atoms with Gasteiger partial charge in [-0.25, -0.2) is 14.3 Å². The zero-order valence-electron chi connectivity index (χ0n) is 19.7. The van der Waals surface area contributed by atoms with Gasteiger partial charge in [-0.05, 0) is 25.8 Å². The minimum absolute atomic E-state index is 0.0130. The highest BCUT2D eigenvalue weighted by Gasteiger charge is 2.26.